The summed E-state index contributed by atoms with van der Waals surface area (Å²) < 4.78 is 16.3. The Bertz CT molecular complexity index is 479. The topological polar surface area (TPSA) is 68.2 Å². The van der Waals surface area contributed by atoms with Crippen molar-refractivity contribution in [1.82, 2.24) is 0 Å². The Hall–Kier alpha value is -1.46. The Morgan fingerprint density at radius 1 is 1.10 bits per heavy atom. The number of fused-ring (bicyclic) bond motifs is 1. The van der Waals surface area contributed by atoms with Gasteiger partial charge in [0.25, 0.3) is 0 Å². The Morgan fingerprint density at radius 2 is 1.80 bits per heavy atom. The van der Waals surface area contributed by atoms with Gasteiger partial charge in [0.05, 0.1) is 12.2 Å². The molecule has 5 nitrogen and oxygen atoms in total. The molecule has 1 aromatic rings. The second kappa shape index (κ2) is 5.50. The summed E-state index contributed by atoms with van der Waals surface area (Å²) in [4.78, 5) is 0. The van der Waals surface area contributed by atoms with E-state index in [0.29, 0.717) is 22.8 Å². The van der Waals surface area contributed by atoms with E-state index in [1.54, 1.807) is 12.1 Å². The summed E-state index contributed by atoms with van der Waals surface area (Å²) in [7, 11) is 0. The summed E-state index contributed by atoms with van der Waals surface area (Å²) in [5.74, 6) is 1.79. The molecule has 1 aromatic carbocycles. The zero-order valence-electron chi connectivity index (χ0n) is 11.4. The third-order valence-electron chi connectivity index (χ3n) is 4.01. The molecule has 1 aliphatic heterocycles. The number of hydrogen-bond donors (Lipinski definition) is 2. The van der Waals surface area contributed by atoms with Crippen LogP contribution in [0.15, 0.2) is 12.1 Å². The lowest BCUT2D eigenvalue weighted by molar-refractivity contribution is -0.0343. The van der Waals surface area contributed by atoms with Crippen molar-refractivity contribution in [2.75, 3.05) is 13.4 Å². The van der Waals surface area contributed by atoms with Crippen LogP contribution in [0.3, 0.4) is 0 Å². The van der Waals surface area contributed by atoms with Gasteiger partial charge in [-0.05, 0) is 18.9 Å². The SMILES string of the molecule is OCc1cc2c(cc1OCC1(O)CCCCC1)OCO2. The molecule has 1 aliphatic carbocycles. The Labute approximate surface area is 118 Å². The van der Waals surface area contributed by atoms with Crippen LogP contribution in [0, 0.1) is 0 Å². The van der Waals surface area contributed by atoms with Gasteiger partial charge in [-0.15, -0.1) is 0 Å². The van der Waals surface area contributed by atoms with Crippen molar-refractivity contribution >= 4 is 0 Å². The van der Waals surface area contributed by atoms with Crippen LogP contribution >= 0.6 is 0 Å². The minimum atomic E-state index is -0.749. The quantitative estimate of drug-likeness (QED) is 0.882. The molecule has 1 saturated carbocycles. The predicted octanol–water partition coefficient (Wildman–Crippen LogP) is 1.98. The fraction of sp³-hybridized carbons (Fsp3) is 0.600. The first-order valence-electron chi connectivity index (χ1n) is 7.09. The third-order valence-corrected chi connectivity index (χ3v) is 4.01. The van der Waals surface area contributed by atoms with Crippen LogP contribution in [0.1, 0.15) is 37.7 Å². The Kier molecular flexibility index (Phi) is 3.72. The molecule has 0 spiro atoms. The highest BCUT2D eigenvalue weighted by atomic mass is 16.7. The standard InChI is InChI=1S/C15H20O5/c16-8-11-6-13-14(20-10-19-13)7-12(11)18-9-15(17)4-2-1-3-5-15/h6-7,16-17H,1-5,8-10H2. The lowest BCUT2D eigenvalue weighted by atomic mass is 9.85. The number of aliphatic hydroxyl groups excluding tert-OH is 1. The van der Waals surface area contributed by atoms with Crippen LogP contribution in [0.4, 0.5) is 0 Å². The van der Waals surface area contributed by atoms with Crippen LogP contribution in [0.2, 0.25) is 0 Å². The fourth-order valence-electron chi connectivity index (χ4n) is 2.79. The lowest BCUT2D eigenvalue weighted by Gasteiger charge is -2.32. The summed E-state index contributed by atoms with van der Waals surface area (Å²) in [6.07, 6.45) is 4.79. The normalized spacial score (nSPS) is 19.9. The number of rotatable bonds is 4. The van der Waals surface area contributed by atoms with Crippen molar-refractivity contribution < 1.29 is 24.4 Å². The monoisotopic (exact) mass is 280 g/mol. The van der Waals surface area contributed by atoms with Crippen LogP contribution in [-0.4, -0.2) is 29.2 Å². The van der Waals surface area contributed by atoms with Gasteiger partial charge in [-0.3, -0.25) is 0 Å². The average molecular weight is 280 g/mol. The van der Waals surface area contributed by atoms with E-state index in [1.807, 2.05) is 0 Å². The van der Waals surface area contributed by atoms with Gasteiger partial charge in [-0.2, -0.15) is 0 Å². The summed E-state index contributed by atoms with van der Waals surface area (Å²) in [5, 5.41) is 19.9. The van der Waals surface area contributed by atoms with E-state index in [4.69, 9.17) is 14.2 Å². The second-order valence-electron chi connectivity index (χ2n) is 5.54. The maximum atomic E-state index is 10.4. The Morgan fingerprint density at radius 3 is 2.50 bits per heavy atom. The molecule has 1 heterocycles. The highest BCUT2D eigenvalue weighted by molar-refractivity contribution is 5.51. The average Bonchev–Trinajstić information content (AvgIpc) is 2.92. The van der Waals surface area contributed by atoms with E-state index in [1.165, 1.54) is 6.42 Å². The number of aliphatic hydroxyl groups is 2. The van der Waals surface area contributed by atoms with Crippen molar-refractivity contribution in [1.29, 1.82) is 0 Å². The molecule has 1 fully saturated rings. The molecule has 0 aromatic heterocycles. The van der Waals surface area contributed by atoms with Gasteiger partial charge >= 0.3 is 0 Å². The lowest BCUT2D eigenvalue weighted by Crippen LogP contribution is -2.38. The van der Waals surface area contributed by atoms with Gasteiger partial charge in [0.1, 0.15) is 12.4 Å². The van der Waals surface area contributed by atoms with E-state index in [0.717, 1.165) is 25.7 Å². The molecule has 5 heteroatoms. The van der Waals surface area contributed by atoms with Crippen molar-refractivity contribution in [3.63, 3.8) is 0 Å². The van der Waals surface area contributed by atoms with Crippen molar-refractivity contribution in [3.05, 3.63) is 17.7 Å². The maximum Gasteiger partial charge on any atom is 0.231 e. The molecule has 2 aliphatic rings. The molecule has 20 heavy (non-hydrogen) atoms. The number of benzene rings is 1. The molecule has 0 unspecified atom stereocenters. The highest BCUT2D eigenvalue weighted by Gasteiger charge is 2.30. The van der Waals surface area contributed by atoms with Crippen LogP contribution < -0.4 is 14.2 Å². The first-order chi connectivity index (χ1) is 9.70. The fourth-order valence-corrected chi connectivity index (χ4v) is 2.79. The molecule has 3 rings (SSSR count). The largest absolute Gasteiger partial charge is 0.490 e. The molecule has 0 saturated heterocycles. The zero-order chi connectivity index (χ0) is 14.0. The van der Waals surface area contributed by atoms with E-state index < -0.39 is 5.60 Å². The van der Waals surface area contributed by atoms with Crippen LogP contribution in [0.5, 0.6) is 17.2 Å². The molecule has 0 amide bonds. The first kappa shape index (κ1) is 13.5. The van der Waals surface area contributed by atoms with Crippen LogP contribution in [0.25, 0.3) is 0 Å². The number of hydrogen-bond acceptors (Lipinski definition) is 5. The van der Waals surface area contributed by atoms with E-state index >= 15 is 0 Å². The minimum Gasteiger partial charge on any atom is -0.490 e. The minimum absolute atomic E-state index is 0.135. The molecule has 2 N–H and O–H groups in total. The summed E-state index contributed by atoms with van der Waals surface area (Å²) in [6.45, 7) is 0.303. The molecular weight excluding hydrogens is 260 g/mol. The van der Waals surface area contributed by atoms with Gasteiger partial charge < -0.3 is 24.4 Å². The maximum absolute atomic E-state index is 10.4. The van der Waals surface area contributed by atoms with Gasteiger partial charge in [0, 0.05) is 11.6 Å². The van der Waals surface area contributed by atoms with E-state index in [-0.39, 0.29) is 20.0 Å². The summed E-state index contributed by atoms with van der Waals surface area (Å²) in [6, 6.07) is 3.45. The van der Waals surface area contributed by atoms with Gasteiger partial charge in [0.2, 0.25) is 6.79 Å². The van der Waals surface area contributed by atoms with Gasteiger partial charge in [-0.1, -0.05) is 19.3 Å². The zero-order valence-corrected chi connectivity index (χ0v) is 11.4. The highest BCUT2D eigenvalue weighted by Crippen LogP contribution is 2.39. The van der Waals surface area contributed by atoms with Crippen LogP contribution in [-0.2, 0) is 6.61 Å². The summed E-state index contributed by atoms with van der Waals surface area (Å²) in [5.41, 5.74) is -0.102. The third kappa shape index (κ3) is 2.69. The van der Waals surface area contributed by atoms with Crippen molar-refractivity contribution in [2.45, 2.75) is 44.3 Å². The Balaban J connectivity index is 1.73. The van der Waals surface area contributed by atoms with Crippen molar-refractivity contribution in [2.24, 2.45) is 0 Å². The second-order valence-corrected chi connectivity index (χ2v) is 5.54. The van der Waals surface area contributed by atoms with Gasteiger partial charge in [-0.25, -0.2) is 0 Å². The molecular formula is C15H20O5. The van der Waals surface area contributed by atoms with Crippen molar-refractivity contribution in [3.8, 4) is 17.2 Å². The summed E-state index contributed by atoms with van der Waals surface area (Å²) >= 11 is 0. The van der Waals surface area contributed by atoms with E-state index in [2.05, 4.69) is 0 Å². The molecule has 0 radical (unpaired) electrons. The first-order valence-corrected chi connectivity index (χ1v) is 7.09. The smallest absolute Gasteiger partial charge is 0.231 e. The number of ether oxygens (including phenoxy) is 3. The molecule has 0 atom stereocenters. The predicted molar refractivity (Wildman–Crippen MR) is 72.0 cm³/mol. The van der Waals surface area contributed by atoms with Gasteiger partial charge in [0.15, 0.2) is 11.5 Å². The molecule has 110 valence electrons. The van der Waals surface area contributed by atoms with E-state index in [9.17, 15) is 10.2 Å². The molecule has 0 bridgehead atoms.